The first-order chi connectivity index (χ1) is 6.31. The van der Waals surface area contributed by atoms with Crippen molar-refractivity contribution in [3.8, 4) is 0 Å². The molecule has 0 aliphatic heterocycles. The number of unbranched alkanes of at least 4 members (excludes halogenated alkanes) is 1. The zero-order valence-corrected chi connectivity index (χ0v) is 10.8. The van der Waals surface area contributed by atoms with E-state index in [0.29, 0.717) is 10.4 Å². The number of hydrogen-bond acceptors (Lipinski definition) is 2. The molecule has 0 atom stereocenters. The van der Waals surface area contributed by atoms with Gasteiger partial charge in [-0.3, -0.25) is 0 Å². The van der Waals surface area contributed by atoms with Crippen molar-refractivity contribution in [3.63, 3.8) is 0 Å². The van der Waals surface area contributed by atoms with E-state index in [0.717, 1.165) is 25.9 Å². The van der Waals surface area contributed by atoms with Crippen molar-refractivity contribution < 1.29 is 0 Å². The lowest BCUT2D eigenvalue weighted by atomic mass is 9.96. The largest absolute Gasteiger partial charge is 0.393 e. The Morgan fingerprint density at radius 1 is 1.29 bits per heavy atom. The van der Waals surface area contributed by atoms with E-state index in [2.05, 4.69) is 32.7 Å². The Bertz CT molecular complexity index is 173. The number of thiocarbonyl (C=S) groups is 1. The molecule has 0 amide bonds. The van der Waals surface area contributed by atoms with Crippen molar-refractivity contribution in [2.24, 2.45) is 11.1 Å². The Balaban J connectivity index is 3.45. The molecule has 0 bridgehead atoms. The van der Waals surface area contributed by atoms with Gasteiger partial charge in [0.1, 0.15) is 0 Å². The zero-order valence-electron chi connectivity index (χ0n) is 9.97. The highest BCUT2D eigenvalue weighted by Gasteiger charge is 2.12. The first kappa shape index (κ1) is 13.8. The zero-order chi connectivity index (χ0) is 11.2. The minimum Gasteiger partial charge on any atom is -0.393 e. The normalized spacial score (nSPS) is 12.1. The molecule has 0 saturated heterocycles. The molecular formula is C11H24N2S. The summed E-state index contributed by atoms with van der Waals surface area (Å²) in [5, 5.41) is 0. The molecule has 0 unspecified atom stereocenters. The maximum absolute atomic E-state index is 5.43. The van der Waals surface area contributed by atoms with Crippen LogP contribution < -0.4 is 5.73 Å². The Labute approximate surface area is 93.8 Å². The standard InChI is InChI=1S/C11H24N2S/c1-11(2,3)9-13(4)8-6-5-7-10(12)14/h5-9H2,1-4H3,(H2,12,14). The van der Waals surface area contributed by atoms with Crippen LogP contribution >= 0.6 is 12.2 Å². The Morgan fingerprint density at radius 3 is 2.29 bits per heavy atom. The van der Waals surface area contributed by atoms with Crippen molar-refractivity contribution in [1.82, 2.24) is 4.90 Å². The first-order valence-corrected chi connectivity index (χ1v) is 5.69. The summed E-state index contributed by atoms with van der Waals surface area (Å²) in [5.74, 6) is 0. The lowest BCUT2D eigenvalue weighted by Gasteiger charge is -2.26. The summed E-state index contributed by atoms with van der Waals surface area (Å²) in [7, 11) is 2.17. The molecule has 0 saturated carbocycles. The van der Waals surface area contributed by atoms with Crippen LogP contribution in [0.15, 0.2) is 0 Å². The van der Waals surface area contributed by atoms with Gasteiger partial charge in [0.2, 0.25) is 0 Å². The molecule has 0 spiro atoms. The van der Waals surface area contributed by atoms with Gasteiger partial charge < -0.3 is 10.6 Å². The van der Waals surface area contributed by atoms with Crippen LogP contribution in [-0.2, 0) is 0 Å². The lowest BCUT2D eigenvalue weighted by Crippen LogP contribution is -2.30. The third-order valence-electron chi connectivity index (χ3n) is 1.96. The lowest BCUT2D eigenvalue weighted by molar-refractivity contribution is 0.224. The monoisotopic (exact) mass is 216 g/mol. The SMILES string of the molecule is CN(CCCCC(N)=S)CC(C)(C)C. The van der Waals surface area contributed by atoms with Crippen LogP contribution in [0.1, 0.15) is 40.0 Å². The smallest absolute Gasteiger partial charge is 0.0727 e. The van der Waals surface area contributed by atoms with Crippen LogP contribution in [-0.4, -0.2) is 30.0 Å². The predicted molar refractivity (Wildman–Crippen MR) is 67.6 cm³/mol. The quantitative estimate of drug-likeness (QED) is 0.546. The first-order valence-electron chi connectivity index (χ1n) is 5.28. The average molecular weight is 216 g/mol. The molecule has 2 N–H and O–H groups in total. The van der Waals surface area contributed by atoms with Gasteiger partial charge in [0.05, 0.1) is 4.99 Å². The average Bonchev–Trinajstić information content (AvgIpc) is 1.94. The molecule has 0 fully saturated rings. The minimum absolute atomic E-state index is 0.387. The predicted octanol–water partition coefficient (Wildman–Crippen LogP) is 2.42. The van der Waals surface area contributed by atoms with Gasteiger partial charge in [-0.05, 0) is 38.3 Å². The molecule has 0 aromatic rings. The van der Waals surface area contributed by atoms with E-state index in [9.17, 15) is 0 Å². The Morgan fingerprint density at radius 2 is 1.86 bits per heavy atom. The van der Waals surface area contributed by atoms with Gasteiger partial charge in [-0.1, -0.05) is 33.0 Å². The summed E-state index contributed by atoms with van der Waals surface area (Å²) in [6, 6.07) is 0. The molecule has 0 aliphatic carbocycles. The maximum atomic E-state index is 5.43. The van der Waals surface area contributed by atoms with E-state index in [1.165, 1.54) is 6.42 Å². The van der Waals surface area contributed by atoms with Gasteiger partial charge in [0, 0.05) is 6.54 Å². The second-order valence-electron chi connectivity index (χ2n) is 5.22. The molecule has 0 aromatic carbocycles. The summed E-state index contributed by atoms with van der Waals surface area (Å²) < 4.78 is 0. The van der Waals surface area contributed by atoms with Crippen LogP contribution in [0, 0.1) is 5.41 Å². The van der Waals surface area contributed by atoms with E-state index in [4.69, 9.17) is 18.0 Å². The van der Waals surface area contributed by atoms with E-state index in [1.807, 2.05) is 0 Å². The van der Waals surface area contributed by atoms with Crippen molar-refractivity contribution in [1.29, 1.82) is 0 Å². The van der Waals surface area contributed by atoms with Gasteiger partial charge in [-0.2, -0.15) is 0 Å². The number of hydrogen-bond donors (Lipinski definition) is 1. The third-order valence-corrected chi connectivity index (χ3v) is 2.16. The topological polar surface area (TPSA) is 29.3 Å². The maximum Gasteiger partial charge on any atom is 0.0727 e. The van der Waals surface area contributed by atoms with E-state index < -0.39 is 0 Å². The van der Waals surface area contributed by atoms with Gasteiger partial charge >= 0.3 is 0 Å². The molecule has 0 aliphatic rings. The fourth-order valence-corrected chi connectivity index (χ4v) is 1.71. The number of rotatable bonds is 6. The summed E-state index contributed by atoms with van der Waals surface area (Å²) in [6.07, 6.45) is 3.19. The molecule has 0 rings (SSSR count). The van der Waals surface area contributed by atoms with E-state index in [-0.39, 0.29) is 0 Å². The molecule has 3 heteroatoms. The highest BCUT2D eigenvalue weighted by molar-refractivity contribution is 7.80. The van der Waals surface area contributed by atoms with Crippen LogP contribution in [0.4, 0.5) is 0 Å². The summed E-state index contributed by atoms with van der Waals surface area (Å²) >= 11 is 4.83. The van der Waals surface area contributed by atoms with Gasteiger partial charge in [-0.15, -0.1) is 0 Å². The second-order valence-corrected chi connectivity index (χ2v) is 5.75. The van der Waals surface area contributed by atoms with Gasteiger partial charge in [0.25, 0.3) is 0 Å². The fraction of sp³-hybridized carbons (Fsp3) is 0.909. The summed E-state index contributed by atoms with van der Waals surface area (Å²) in [4.78, 5) is 3.02. The van der Waals surface area contributed by atoms with Crippen LogP contribution in [0.5, 0.6) is 0 Å². The summed E-state index contributed by atoms with van der Waals surface area (Å²) in [6.45, 7) is 9.06. The van der Waals surface area contributed by atoms with Crippen LogP contribution in [0.3, 0.4) is 0 Å². The van der Waals surface area contributed by atoms with E-state index in [1.54, 1.807) is 0 Å². The molecule has 14 heavy (non-hydrogen) atoms. The minimum atomic E-state index is 0.387. The molecular weight excluding hydrogens is 192 g/mol. The van der Waals surface area contributed by atoms with Crippen molar-refractivity contribution in [2.75, 3.05) is 20.1 Å². The molecule has 0 aromatic heterocycles. The van der Waals surface area contributed by atoms with Crippen molar-refractivity contribution >= 4 is 17.2 Å². The molecule has 2 nitrogen and oxygen atoms in total. The van der Waals surface area contributed by atoms with E-state index >= 15 is 0 Å². The molecule has 0 heterocycles. The highest BCUT2D eigenvalue weighted by atomic mass is 32.1. The van der Waals surface area contributed by atoms with Crippen molar-refractivity contribution in [2.45, 2.75) is 40.0 Å². The van der Waals surface area contributed by atoms with Crippen LogP contribution in [0.25, 0.3) is 0 Å². The van der Waals surface area contributed by atoms with Crippen LogP contribution in [0.2, 0.25) is 0 Å². The fourth-order valence-electron chi connectivity index (χ4n) is 1.57. The van der Waals surface area contributed by atoms with Gasteiger partial charge in [0.15, 0.2) is 0 Å². The second kappa shape index (κ2) is 6.36. The number of nitrogens with zero attached hydrogens (tertiary/aromatic N) is 1. The molecule has 0 radical (unpaired) electrons. The van der Waals surface area contributed by atoms with Gasteiger partial charge in [-0.25, -0.2) is 0 Å². The number of nitrogens with two attached hydrogens (primary N) is 1. The highest BCUT2D eigenvalue weighted by Crippen LogP contribution is 2.14. The summed E-state index contributed by atoms with van der Waals surface area (Å²) in [5.41, 5.74) is 5.82. The Hall–Kier alpha value is -0.150. The van der Waals surface area contributed by atoms with Crippen molar-refractivity contribution in [3.05, 3.63) is 0 Å². The third kappa shape index (κ3) is 9.93. The Kier molecular flexibility index (Phi) is 6.29. The molecule has 84 valence electrons.